The van der Waals surface area contributed by atoms with E-state index >= 15 is 0 Å². The summed E-state index contributed by atoms with van der Waals surface area (Å²) in [5, 5.41) is 4.77. The van der Waals surface area contributed by atoms with E-state index < -0.39 is 0 Å². The molecule has 1 heterocycles. The molecule has 0 unspecified atom stereocenters. The quantitative estimate of drug-likeness (QED) is 0.432. The van der Waals surface area contributed by atoms with Gasteiger partial charge < -0.3 is 5.73 Å². The number of nitrogen functional groups attached to an aromatic ring is 1. The molecule has 0 amide bonds. The van der Waals surface area contributed by atoms with Crippen molar-refractivity contribution < 1.29 is 0 Å². The largest absolute Gasteiger partial charge is 0.399 e. The maximum Gasteiger partial charge on any atom is 0.355 e. The fraction of sp³-hybridized carbons (Fsp3) is 0. The number of rotatable bonds is 4. The molecule has 150 valence electrons. The van der Waals surface area contributed by atoms with Gasteiger partial charge in [-0.25, -0.2) is 9.36 Å². The maximum atomic E-state index is 13.7. The second kappa shape index (κ2) is 7.80. The second-order valence-electron chi connectivity index (χ2n) is 7.20. The molecule has 0 aliphatic rings. The summed E-state index contributed by atoms with van der Waals surface area (Å²) in [6.45, 7) is 0. The summed E-state index contributed by atoms with van der Waals surface area (Å²) in [5.74, 6) is 0.583. The first-order valence-electron chi connectivity index (χ1n) is 10.0. The van der Waals surface area contributed by atoms with E-state index in [1.165, 1.54) is 4.68 Å². The molecule has 5 nitrogen and oxygen atoms in total. The number of para-hydroxylation sites is 2. The highest BCUT2D eigenvalue weighted by molar-refractivity contribution is 5.75. The van der Waals surface area contributed by atoms with Crippen LogP contribution in [0, 0.1) is 0 Å². The molecule has 0 fully saturated rings. The minimum atomic E-state index is -0.235. The van der Waals surface area contributed by atoms with Crippen molar-refractivity contribution in [3.8, 4) is 33.9 Å². The van der Waals surface area contributed by atoms with Gasteiger partial charge in [-0.2, -0.15) is 4.68 Å². The number of hydrogen-bond donors (Lipinski definition) is 1. The number of nitrogens with zero attached hydrogens (tertiary/aromatic N) is 3. The van der Waals surface area contributed by atoms with Gasteiger partial charge in [-0.15, -0.1) is 5.10 Å². The Bertz CT molecular complexity index is 1400. The average molecular weight is 404 g/mol. The minimum absolute atomic E-state index is 0.235. The van der Waals surface area contributed by atoms with E-state index in [0.29, 0.717) is 17.2 Å². The molecule has 31 heavy (non-hydrogen) atoms. The van der Waals surface area contributed by atoms with Crippen LogP contribution in [0.25, 0.3) is 33.9 Å². The van der Waals surface area contributed by atoms with Crippen LogP contribution in [-0.2, 0) is 0 Å². The van der Waals surface area contributed by atoms with Gasteiger partial charge in [0.25, 0.3) is 0 Å². The highest BCUT2D eigenvalue weighted by Crippen LogP contribution is 2.28. The van der Waals surface area contributed by atoms with Crippen LogP contribution in [-0.4, -0.2) is 14.3 Å². The lowest BCUT2D eigenvalue weighted by molar-refractivity contribution is 0.831. The number of nitrogens with two attached hydrogens (primary N) is 1. The van der Waals surface area contributed by atoms with Crippen molar-refractivity contribution in [1.29, 1.82) is 0 Å². The highest BCUT2D eigenvalue weighted by atomic mass is 16.2. The Labute approximate surface area is 179 Å². The summed E-state index contributed by atoms with van der Waals surface area (Å²) < 4.78 is 3.11. The summed E-state index contributed by atoms with van der Waals surface area (Å²) >= 11 is 0. The van der Waals surface area contributed by atoms with Gasteiger partial charge in [-0.3, -0.25) is 0 Å². The van der Waals surface area contributed by atoms with Crippen LogP contribution < -0.4 is 11.4 Å². The Kier molecular flexibility index (Phi) is 4.69. The molecule has 1 aromatic heterocycles. The Balaban J connectivity index is 1.78. The van der Waals surface area contributed by atoms with E-state index in [0.717, 1.165) is 22.4 Å². The first-order valence-corrected chi connectivity index (χ1v) is 10.0. The Morgan fingerprint density at radius 2 is 1.32 bits per heavy atom. The molecule has 0 spiro atoms. The fourth-order valence-electron chi connectivity index (χ4n) is 3.72. The lowest BCUT2D eigenvalue weighted by atomic mass is 10.0. The SMILES string of the molecule is Nc1cccc(-c2ccccc2-n2nc(-c3ccccc3)n(-c3ccccc3)c2=O)c1. The minimum Gasteiger partial charge on any atom is -0.399 e. The smallest absolute Gasteiger partial charge is 0.355 e. The van der Waals surface area contributed by atoms with Crippen molar-refractivity contribution in [2.24, 2.45) is 0 Å². The van der Waals surface area contributed by atoms with Crippen LogP contribution in [0.5, 0.6) is 0 Å². The third-order valence-electron chi connectivity index (χ3n) is 5.16. The zero-order valence-electron chi connectivity index (χ0n) is 16.7. The van der Waals surface area contributed by atoms with Crippen LogP contribution in [0.4, 0.5) is 5.69 Å². The van der Waals surface area contributed by atoms with Crippen LogP contribution >= 0.6 is 0 Å². The van der Waals surface area contributed by atoms with Gasteiger partial charge >= 0.3 is 5.69 Å². The molecule has 0 radical (unpaired) electrons. The van der Waals surface area contributed by atoms with Crippen LogP contribution in [0.1, 0.15) is 0 Å². The molecule has 2 N–H and O–H groups in total. The Morgan fingerprint density at radius 1 is 0.677 bits per heavy atom. The van der Waals surface area contributed by atoms with Gasteiger partial charge in [0.1, 0.15) is 0 Å². The highest BCUT2D eigenvalue weighted by Gasteiger charge is 2.19. The van der Waals surface area contributed by atoms with Crippen LogP contribution in [0.2, 0.25) is 0 Å². The molecular formula is C26H20N4O. The second-order valence-corrected chi connectivity index (χ2v) is 7.20. The predicted octanol–water partition coefficient (Wildman–Crippen LogP) is 4.94. The topological polar surface area (TPSA) is 65.8 Å². The fourth-order valence-corrected chi connectivity index (χ4v) is 3.72. The lowest BCUT2D eigenvalue weighted by Crippen LogP contribution is -2.23. The van der Waals surface area contributed by atoms with E-state index in [4.69, 9.17) is 10.8 Å². The first-order chi connectivity index (χ1) is 15.2. The molecule has 0 aliphatic heterocycles. The van der Waals surface area contributed by atoms with Crippen molar-refractivity contribution in [3.05, 3.63) is 120 Å². The average Bonchev–Trinajstić information content (AvgIpc) is 3.17. The number of hydrogen-bond acceptors (Lipinski definition) is 3. The molecule has 0 bridgehead atoms. The van der Waals surface area contributed by atoms with Crippen molar-refractivity contribution in [2.75, 3.05) is 5.73 Å². The van der Waals surface area contributed by atoms with Crippen molar-refractivity contribution in [3.63, 3.8) is 0 Å². The number of aromatic nitrogens is 3. The zero-order chi connectivity index (χ0) is 21.2. The van der Waals surface area contributed by atoms with Crippen molar-refractivity contribution >= 4 is 5.69 Å². The Hall–Kier alpha value is -4.38. The normalized spacial score (nSPS) is 10.8. The zero-order valence-corrected chi connectivity index (χ0v) is 16.7. The van der Waals surface area contributed by atoms with Crippen LogP contribution in [0.3, 0.4) is 0 Å². The molecule has 5 aromatic rings. The van der Waals surface area contributed by atoms with E-state index in [1.54, 1.807) is 4.57 Å². The summed E-state index contributed by atoms with van der Waals surface area (Å²) in [6.07, 6.45) is 0. The van der Waals surface area contributed by atoms with E-state index in [1.807, 2.05) is 109 Å². The molecule has 0 saturated carbocycles. The van der Waals surface area contributed by atoms with Gasteiger partial charge in [0.15, 0.2) is 5.82 Å². The molecule has 0 atom stereocenters. The number of anilines is 1. The number of benzene rings is 4. The third-order valence-corrected chi connectivity index (χ3v) is 5.16. The molecular weight excluding hydrogens is 384 g/mol. The van der Waals surface area contributed by atoms with E-state index in [-0.39, 0.29) is 5.69 Å². The molecule has 4 aromatic carbocycles. The van der Waals surface area contributed by atoms with Crippen LogP contribution in [0.15, 0.2) is 114 Å². The van der Waals surface area contributed by atoms with Crippen molar-refractivity contribution in [1.82, 2.24) is 14.3 Å². The van der Waals surface area contributed by atoms with Gasteiger partial charge in [-0.1, -0.05) is 78.9 Å². The Morgan fingerprint density at radius 3 is 2.06 bits per heavy atom. The van der Waals surface area contributed by atoms with Gasteiger partial charge in [0.05, 0.1) is 11.4 Å². The maximum absolute atomic E-state index is 13.7. The summed E-state index contributed by atoms with van der Waals surface area (Å²) in [7, 11) is 0. The van der Waals surface area contributed by atoms with Gasteiger partial charge in [0.2, 0.25) is 0 Å². The molecule has 0 aliphatic carbocycles. The van der Waals surface area contributed by atoms with Crippen molar-refractivity contribution in [2.45, 2.75) is 0 Å². The van der Waals surface area contributed by atoms with Gasteiger partial charge in [0, 0.05) is 16.8 Å². The predicted molar refractivity (Wildman–Crippen MR) is 124 cm³/mol. The van der Waals surface area contributed by atoms with E-state index in [2.05, 4.69) is 0 Å². The lowest BCUT2D eigenvalue weighted by Gasteiger charge is -2.09. The third kappa shape index (κ3) is 3.42. The summed E-state index contributed by atoms with van der Waals surface area (Å²) in [5.41, 5.74) is 10.6. The molecule has 0 saturated heterocycles. The molecule has 5 rings (SSSR count). The van der Waals surface area contributed by atoms with Gasteiger partial charge in [-0.05, 0) is 35.9 Å². The monoisotopic (exact) mass is 404 g/mol. The summed E-state index contributed by atoms with van der Waals surface area (Å²) in [4.78, 5) is 13.7. The van der Waals surface area contributed by atoms with E-state index in [9.17, 15) is 4.79 Å². The molecule has 5 heteroatoms. The summed E-state index contributed by atoms with van der Waals surface area (Å²) in [6, 6.07) is 34.6. The first kappa shape index (κ1) is 18.6. The standard InChI is InChI=1S/C26H20N4O/c27-21-13-9-12-20(18-21)23-16-7-8-17-24(23)30-26(31)29(22-14-5-2-6-15-22)25(28-30)19-10-3-1-4-11-19/h1-18H,27H2.